The smallest absolute Gasteiger partial charge is 0.223 e. The molecule has 86 valence electrons. The molecule has 1 N–H and O–H groups in total. The lowest BCUT2D eigenvalue weighted by atomic mass is 9.88. The minimum absolute atomic E-state index is 0.0865. The SMILES string of the molecule is C=C(F)CC(C)NC(=O)C1CCCCC1. The summed E-state index contributed by atoms with van der Waals surface area (Å²) in [5.74, 6) is -0.135. The van der Waals surface area contributed by atoms with Crippen LogP contribution < -0.4 is 5.32 Å². The zero-order chi connectivity index (χ0) is 11.3. The van der Waals surface area contributed by atoms with E-state index < -0.39 is 0 Å². The normalized spacial score (nSPS) is 19.6. The quantitative estimate of drug-likeness (QED) is 0.764. The molecule has 1 aliphatic carbocycles. The van der Waals surface area contributed by atoms with Crippen molar-refractivity contribution in [2.75, 3.05) is 0 Å². The van der Waals surface area contributed by atoms with Gasteiger partial charge in [-0.15, -0.1) is 0 Å². The van der Waals surface area contributed by atoms with Crippen molar-refractivity contribution in [1.82, 2.24) is 5.32 Å². The Bertz CT molecular complexity index is 234. The number of halogens is 1. The number of hydrogen-bond donors (Lipinski definition) is 1. The molecule has 1 fully saturated rings. The average Bonchev–Trinajstić information content (AvgIpc) is 2.17. The van der Waals surface area contributed by atoms with E-state index >= 15 is 0 Å². The maximum atomic E-state index is 12.5. The molecule has 0 spiro atoms. The topological polar surface area (TPSA) is 29.1 Å². The van der Waals surface area contributed by atoms with Crippen LogP contribution in [-0.4, -0.2) is 11.9 Å². The van der Waals surface area contributed by atoms with Crippen molar-refractivity contribution < 1.29 is 9.18 Å². The number of nitrogens with one attached hydrogen (secondary N) is 1. The van der Waals surface area contributed by atoms with E-state index in [1.165, 1.54) is 6.42 Å². The van der Waals surface area contributed by atoms with Crippen LogP contribution in [0.25, 0.3) is 0 Å². The molecule has 0 aromatic carbocycles. The zero-order valence-electron chi connectivity index (χ0n) is 9.39. The van der Waals surface area contributed by atoms with Crippen LogP contribution >= 0.6 is 0 Å². The first-order valence-corrected chi connectivity index (χ1v) is 5.73. The molecule has 0 bridgehead atoms. The third kappa shape index (κ3) is 4.45. The van der Waals surface area contributed by atoms with E-state index in [-0.39, 0.29) is 30.1 Å². The van der Waals surface area contributed by atoms with E-state index in [1.54, 1.807) is 0 Å². The highest BCUT2D eigenvalue weighted by molar-refractivity contribution is 5.78. The van der Waals surface area contributed by atoms with Crippen molar-refractivity contribution in [3.63, 3.8) is 0 Å². The van der Waals surface area contributed by atoms with Crippen LogP contribution in [0.3, 0.4) is 0 Å². The number of carbonyl (C=O) groups is 1. The number of hydrogen-bond acceptors (Lipinski definition) is 1. The van der Waals surface area contributed by atoms with Crippen LogP contribution in [-0.2, 0) is 4.79 Å². The van der Waals surface area contributed by atoms with Crippen molar-refractivity contribution in [3.8, 4) is 0 Å². The Kier molecular flexibility index (Phi) is 4.79. The maximum Gasteiger partial charge on any atom is 0.223 e. The van der Waals surface area contributed by atoms with E-state index in [0.29, 0.717) is 0 Å². The van der Waals surface area contributed by atoms with E-state index in [4.69, 9.17) is 0 Å². The Morgan fingerprint density at radius 3 is 2.60 bits per heavy atom. The Morgan fingerprint density at radius 1 is 1.47 bits per heavy atom. The first-order chi connectivity index (χ1) is 7.09. The predicted molar refractivity (Wildman–Crippen MR) is 59.0 cm³/mol. The van der Waals surface area contributed by atoms with Crippen molar-refractivity contribution in [1.29, 1.82) is 0 Å². The van der Waals surface area contributed by atoms with Gasteiger partial charge in [0.25, 0.3) is 0 Å². The van der Waals surface area contributed by atoms with Gasteiger partial charge in [-0.1, -0.05) is 25.8 Å². The highest BCUT2D eigenvalue weighted by atomic mass is 19.1. The fourth-order valence-corrected chi connectivity index (χ4v) is 2.11. The molecule has 1 saturated carbocycles. The highest BCUT2D eigenvalue weighted by Gasteiger charge is 2.22. The van der Waals surface area contributed by atoms with Gasteiger partial charge in [0.1, 0.15) is 0 Å². The summed E-state index contributed by atoms with van der Waals surface area (Å²) in [5, 5.41) is 2.84. The molecular weight excluding hydrogens is 193 g/mol. The summed E-state index contributed by atoms with van der Waals surface area (Å²) in [7, 11) is 0. The van der Waals surface area contributed by atoms with Crippen LogP contribution in [0.15, 0.2) is 12.4 Å². The number of rotatable bonds is 4. The first-order valence-electron chi connectivity index (χ1n) is 5.73. The summed E-state index contributed by atoms with van der Waals surface area (Å²) in [6, 6.07) is -0.142. The molecule has 1 atom stereocenters. The fourth-order valence-electron chi connectivity index (χ4n) is 2.11. The molecule has 2 nitrogen and oxygen atoms in total. The van der Waals surface area contributed by atoms with Crippen LogP contribution in [0.2, 0.25) is 0 Å². The van der Waals surface area contributed by atoms with Gasteiger partial charge >= 0.3 is 0 Å². The Hall–Kier alpha value is -0.860. The molecule has 0 aromatic rings. The summed E-state index contributed by atoms with van der Waals surface area (Å²) in [5.41, 5.74) is 0. The van der Waals surface area contributed by atoms with Crippen LogP contribution in [0.1, 0.15) is 45.4 Å². The molecule has 0 aromatic heterocycles. The van der Waals surface area contributed by atoms with Crippen molar-refractivity contribution in [3.05, 3.63) is 12.4 Å². The third-order valence-corrected chi connectivity index (χ3v) is 2.89. The van der Waals surface area contributed by atoms with Gasteiger partial charge in [0.15, 0.2) is 0 Å². The molecule has 0 radical (unpaired) electrons. The largest absolute Gasteiger partial charge is 0.353 e. The molecule has 1 unspecified atom stereocenters. The Labute approximate surface area is 90.9 Å². The molecule has 0 saturated heterocycles. The molecule has 1 aliphatic rings. The maximum absolute atomic E-state index is 12.5. The minimum Gasteiger partial charge on any atom is -0.353 e. The summed E-state index contributed by atoms with van der Waals surface area (Å²) in [4.78, 5) is 11.7. The molecule has 0 heterocycles. The van der Waals surface area contributed by atoms with Gasteiger partial charge in [-0.25, -0.2) is 4.39 Å². The van der Waals surface area contributed by atoms with Gasteiger partial charge in [0.2, 0.25) is 5.91 Å². The second-order valence-corrected chi connectivity index (χ2v) is 4.47. The zero-order valence-corrected chi connectivity index (χ0v) is 9.39. The fraction of sp³-hybridized carbons (Fsp3) is 0.750. The van der Waals surface area contributed by atoms with Crippen molar-refractivity contribution in [2.45, 2.75) is 51.5 Å². The van der Waals surface area contributed by atoms with E-state index in [1.807, 2.05) is 6.92 Å². The van der Waals surface area contributed by atoms with Gasteiger partial charge in [-0.2, -0.15) is 0 Å². The summed E-state index contributed by atoms with van der Waals surface area (Å²) >= 11 is 0. The summed E-state index contributed by atoms with van der Waals surface area (Å²) in [6.45, 7) is 5.01. The highest BCUT2D eigenvalue weighted by Crippen LogP contribution is 2.23. The lowest BCUT2D eigenvalue weighted by molar-refractivity contribution is -0.126. The van der Waals surface area contributed by atoms with E-state index in [0.717, 1.165) is 25.7 Å². The van der Waals surface area contributed by atoms with Crippen LogP contribution in [0, 0.1) is 5.92 Å². The predicted octanol–water partition coefficient (Wildman–Crippen LogP) is 2.94. The van der Waals surface area contributed by atoms with Crippen LogP contribution in [0.4, 0.5) is 4.39 Å². The second-order valence-electron chi connectivity index (χ2n) is 4.47. The second kappa shape index (κ2) is 5.89. The standard InChI is InChI=1S/C12H20FNO/c1-9(13)8-10(2)14-12(15)11-6-4-3-5-7-11/h10-11H,1,3-8H2,2H3,(H,14,15). The monoisotopic (exact) mass is 213 g/mol. The number of amides is 1. The Morgan fingerprint density at radius 2 is 2.07 bits per heavy atom. The summed E-state index contributed by atoms with van der Waals surface area (Å²) < 4.78 is 12.5. The molecule has 15 heavy (non-hydrogen) atoms. The van der Waals surface area contributed by atoms with Gasteiger partial charge in [-0.3, -0.25) is 4.79 Å². The van der Waals surface area contributed by atoms with Gasteiger partial charge < -0.3 is 5.32 Å². The third-order valence-electron chi connectivity index (χ3n) is 2.89. The van der Waals surface area contributed by atoms with E-state index in [2.05, 4.69) is 11.9 Å². The van der Waals surface area contributed by atoms with Crippen molar-refractivity contribution in [2.24, 2.45) is 5.92 Å². The van der Waals surface area contributed by atoms with Gasteiger partial charge in [-0.05, 0) is 19.8 Å². The number of carbonyl (C=O) groups excluding carboxylic acids is 1. The Balaban J connectivity index is 2.30. The van der Waals surface area contributed by atoms with Crippen LogP contribution in [0.5, 0.6) is 0 Å². The van der Waals surface area contributed by atoms with Crippen molar-refractivity contribution >= 4 is 5.91 Å². The average molecular weight is 213 g/mol. The van der Waals surface area contributed by atoms with Gasteiger partial charge in [0, 0.05) is 18.4 Å². The minimum atomic E-state index is -0.369. The van der Waals surface area contributed by atoms with E-state index in [9.17, 15) is 9.18 Å². The molecule has 0 aliphatic heterocycles. The molecule has 1 rings (SSSR count). The lowest BCUT2D eigenvalue weighted by Crippen LogP contribution is -2.38. The molecular formula is C12H20FNO. The molecule has 3 heteroatoms. The van der Waals surface area contributed by atoms with Gasteiger partial charge in [0.05, 0.1) is 5.83 Å². The first kappa shape index (κ1) is 12.2. The lowest BCUT2D eigenvalue weighted by Gasteiger charge is -2.22. The summed E-state index contributed by atoms with van der Waals surface area (Å²) in [6.07, 6.45) is 5.70. The molecule has 1 amide bonds.